The fourth-order valence-electron chi connectivity index (χ4n) is 2.76. The number of hydrogen-bond donors (Lipinski definition) is 1. The molecule has 0 saturated carbocycles. The van der Waals surface area contributed by atoms with Crippen molar-refractivity contribution in [2.75, 3.05) is 0 Å². The Bertz CT molecular complexity index is 1020. The number of aliphatic imine (C=N–C) groups is 1. The van der Waals surface area contributed by atoms with Crippen LogP contribution in [0.2, 0.25) is 0 Å². The molecule has 0 aliphatic heterocycles. The van der Waals surface area contributed by atoms with Gasteiger partial charge in [0.15, 0.2) is 5.84 Å². The summed E-state index contributed by atoms with van der Waals surface area (Å²) in [5.41, 5.74) is 4.26. The average Bonchev–Trinajstić information content (AvgIpc) is 2.77. The molecule has 0 fully saturated rings. The standard InChI is InChI=1S/C24H21F3N2O/c1-17(19-10-5-3-6-11-19)28-23(21-14-9-15-22(16-21)24(25,26)27)29-30-18(2)20-12-7-4-8-13-20/h3-16,18H,1H2,2H3,(H,28,29). The van der Waals surface area contributed by atoms with Crippen LogP contribution in [0, 0.1) is 0 Å². The summed E-state index contributed by atoms with van der Waals surface area (Å²) in [6.07, 6.45) is -4.82. The zero-order chi connectivity index (χ0) is 21.6. The van der Waals surface area contributed by atoms with Gasteiger partial charge >= 0.3 is 6.18 Å². The van der Waals surface area contributed by atoms with Gasteiger partial charge in [-0.25, -0.2) is 10.5 Å². The molecule has 0 aliphatic carbocycles. The minimum Gasteiger partial charge on any atom is -0.267 e. The summed E-state index contributed by atoms with van der Waals surface area (Å²) < 4.78 is 39.6. The molecule has 0 amide bonds. The first-order valence-electron chi connectivity index (χ1n) is 9.32. The van der Waals surface area contributed by atoms with Gasteiger partial charge in [0.05, 0.1) is 11.3 Å². The first kappa shape index (κ1) is 21.3. The molecule has 0 bridgehead atoms. The number of rotatable bonds is 6. The van der Waals surface area contributed by atoms with Crippen LogP contribution >= 0.6 is 0 Å². The van der Waals surface area contributed by atoms with Gasteiger partial charge in [-0.2, -0.15) is 13.2 Å². The van der Waals surface area contributed by atoms with Crippen LogP contribution in [0.25, 0.3) is 5.70 Å². The second-order valence-electron chi connectivity index (χ2n) is 6.62. The molecule has 0 aromatic heterocycles. The SMILES string of the molecule is C=C(N=C(NOC(C)c1ccccc1)c1cccc(C(F)(F)F)c1)c1ccccc1. The second kappa shape index (κ2) is 9.41. The molecule has 0 radical (unpaired) electrons. The molecule has 3 rings (SSSR count). The molecule has 1 N–H and O–H groups in total. The van der Waals surface area contributed by atoms with Crippen LogP contribution in [0.3, 0.4) is 0 Å². The minimum absolute atomic E-state index is 0.137. The van der Waals surface area contributed by atoms with E-state index in [9.17, 15) is 13.2 Å². The van der Waals surface area contributed by atoms with E-state index < -0.39 is 11.7 Å². The lowest BCUT2D eigenvalue weighted by Crippen LogP contribution is -2.27. The van der Waals surface area contributed by atoms with Gasteiger partial charge in [0.2, 0.25) is 0 Å². The average molecular weight is 410 g/mol. The van der Waals surface area contributed by atoms with Gasteiger partial charge in [-0.05, 0) is 30.2 Å². The molecule has 0 aliphatic rings. The number of hydrogen-bond acceptors (Lipinski definition) is 2. The zero-order valence-corrected chi connectivity index (χ0v) is 16.4. The van der Waals surface area contributed by atoms with E-state index in [0.29, 0.717) is 5.70 Å². The van der Waals surface area contributed by atoms with Gasteiger partial charge in [0.25, 0.3) is 0 Å². The molecule has 154 valence electrons. The van der Waals surface area contributed by atoms with Crippen LogP contribution in [0.15, 0.2) is 96.5 Å². The van der Waals surface area contributed by atoms with E-state index in [1.54, 1.807) is 0 Å². The molecular formula is C24H21F3N2O. The third-order valence-electron chi connectivity index (χ3n) is 4.42. The molecule has 6 heteroatoms. The Morgan fingerprint density at radius 2 is 1.50 bits per heavy atom. The third kappa shape index (κ3) is 5.58. The van der Waals surface area contributed by atoms with Crippen molar-refractivity contribution >= 4 is 11.5 Å². The van der Waals surface area contributed by atoms with Crippen LogP contribution < -0.4 is 5.48 Å². The molecule has 3 nitrogen and oxygen atoms in total. The molecule has 3 aromatic carbocycles. The van der Waals surface area contributed by atoms with Crippen molar-refractivity contribution in [2.45, 2.75) is 19.2 Å². The maximum Gasteiger partial charge on any atom is 0.416 e. The zero-order valence-electron chi connectivity index (χ0n) is 16.4. The van der Waals surface area contributed by atoms with Gasteiger partial charge in [-0.15, -0.1) is 0 Å². The second-order valence-corrected chi connectivity index (χ2v) is 6.62. The summed E-state index contributed by atoms with van der Waals surface area (Å²) >= 11 is 0. The number of nitrogens with zero attached hydrogens (tertiary/aromatic N) is 1. The lowest BCUT2D eigenvalue weighted by atomic mass is 10.1. The van der Waals surface area contributed by atoms with Crippen molar-refractivity contribution in [3.05, 3.63) is 114 Å². The highest BCUT2D eigenvalue weighted by Gasteiger charge is 2.30. The van der Waals surface area contributed by atoms with Crippen molar-refractivity contribution in [2.24, 2.45) is 4.99 Å². The van der Waals surface area contributed by atoms with Crippen LogP contribution in [0.4, 0.5) is 13.2 Å². The Morgan fingerprint density at radius 3 is 2.13 bits per heavy atom. The number of nitrogens with one attached hydrogen (secondary N) is 1. The lowest BCUT2D eigenvalue weighted by Gasteiger charge is -2.17. The Balaban J connectivity index is 1.91. The molecule has 1 atom stereocenters. The van der Waals surface area contributed by atoms with Gasteiger partial charge in [-0.1, -0.05) is 79.4 Å². The van der Waals surface area contributed by atoms with E-state index in [-0.39, 0.29) is 17.5 Å². The number of halogens is 3. The topological polar surface area (TPSA) is 33.6 Å². The van der Waals surface area contributed by atoms with Gasteiger partial charge in [0, 0.05) is 5.56 Å². The summed E-state index contributed by atoms with van der Waals surface area (Å²) in [4.78, 5) is 10.1. The minimum atomic E-state index is -4.46. The first-order valence-corrected chi connectivity index (χ1v) is 9.32. The predicted octanol–water partition coefficient (Wildman–Crippen LogP) is 6.41. The molecule has 0 heterocycles. The maximum absolute atomic E-state index is 13.2. The quantitative estimate of drug-likeness (QED) is 0.290. The first-order chi connectivity index (χ1) is 14.3. The summed E-state index contributed by atoms with van der Waals surface area (Å²) in [5.74, 6) is 0.137. The van der Waals surface area contributed by atoms with E-state index >= 15 is 0 Å². The molecule has 0 spiro atoms. The highest BCUT2D eigenvalue weighted by molar-refractivity contribution is 6.01. The van der Waals surface area contributed by atoms with Crippen LogP contribution in [-0.4, -0.2) is 5.84 Å². The molecular weight excluding hydrogens is 389 g/mol. The van der Waals surface area contributed by atoms with E-state index in [2.05, 4.69) is 17.1 Å². The number of hydroxylamine groups is 1. The van der Waals surface area contributed by atoms with Crippen LogP contribution in [-0.2, 0) is 11.0 Å². The van der Waals surface area contributed by atoms with E-state index in [4.69, 9.17) is 4.84 Å². The Kier molecular flexibility index (Phi) is 6.69. The summed E-state index contributed by atoms with van der Waals surface area (Å²) in [7, 11) is 0. The Labute approximate surface area is 173 Å². The fraction of sp³-hybridized carbons (Fsp3) is 0.125. The van der Waals surface area contributed by atoms with Gasteiger partial charge in [-0.3, -0.25) is 4.84 Å². The lowest BCUT2D eigenvalue weighted by molar-refractivity contribution is -0.137. The van der Waals surface area contributed by atoms with Crippen molar-refractivity contribution in [1.82, 2.24) is 5.48 Å². The molecule has 30 heavy (non-hydrogen) atoms. The monoisotopic (exact) mass is 410 g/mol. The molecule has 1 unspecified atom stereocenters. The summed E-state index contributed by atoms with van der Waals surface area (Å²) in [6, 6.07) is 23.5. The molecule has 0 saturated heterocycles. The van der Waals surface area contributed by atoms with Crippen molar-refractivity contribution in [3.63, 3.8) is 0 Å². The Morgan fingerprint density at radius 1 is 0.900 bits per heavy atom. The predicted molar refractivity (Wildman–Crippen MR) is 113 cm³/mol. The van der Waals surface area contributed by atoms with E-state index in [1.807, 2.05) is 67.6 Å². The highest BCUT2D eigenvalue weighted by Crippen LogP contribution is 2.30. The maximum atomic E-state index is 13.2. The summed E-state index contributed by atoms with van der Waals surface area (Å²) in [5, 5.41) is 0. The number of alkyl halides is 3. The summed E-state index contributed by atoms with van der Waals surface area (Å²) in [6.45, 7) is 5.77. The highest BCUT2D eigenvalue weighted by atomic mass is 19.4. The normalized spacial score (nSPS) is 13.0. The van der Waals surface area contributed by atoms with Crippen molar-refractivity contribution in [3.8, 4) is 0 Å². The van der Waals surface area contributed by atoms with Crippen LogP contribution in [0.5, 0.6) is 0 Å². The van der Waals surface area contributed by atoms with Gasteiger partial charge < -0.3 is 0 Å². The fourth-order valence-corrected chi connectivity index (χ4v) is 2.76. The van der Waals surface area contributed by atoms with E-state index in [1.165, 1.54) is 12.1 Å². The smallest absolute Gasteiger partial charge is 0.267 e. The van der Waals surface area contributed by atoms with Crippen molar-refractivity contribution in [1.29, 1.82) is 0 Å². The number of amidine groups is 1. The van der Waals surface area contributed by atoms with Crippen molar-refractivity contribution < 1.29 is 18.0 Å². The van der Waals surface area contributed by atoms with E-state index in [0.717, 1.165) is 23.3 Å². The largest absolute Gasteiger partial charge is 0.416 e. The Hall–Kier alpha value is -3.38. The van der Waals surface area contributed by atoms with Crippen LogP contribution in [0.1, 0.15) is 35.3 Å². The third-order valence-corrected chi connectivity index (χ3v) is 4.42. The number of benzene rings is 3. The van der Waals surface area contributed by atoms with Gasteiger partial charge in [0.1, 0.15) is 6.10 Å². The molecule has 3 aromatic rings.